The van der Waals surface area contributed by atoms with Crippen molar-refractivity contribution in [2.75, 3.05) is 32.8 Å². The number of likely N-dealkylation sites (tertiary alicyclic amines) is 1. The van der Waals surface area contributed by atoms with E-state index in [0.29, 0.717) is 43.9 Å². The van der Waals surface area contributed by atoms with E-state index in [1.165, 1.54) is 30.3 Å². The zero-order valence-electron chi connectivity index (χ0n) is 19.2. The Morgan fingerprint density at radius 1 is 1.09 bits per heavy atom. The van der Waals surface area contributed by atoms with E-state index in [1.54, 1.807) is 4.90 Å². The summed E-state index contributed by atoms with van der Waals surface area (Å²) in [6.07, 6.45) is -4.07. The van der Waals surface area contributed by atoms with Crippen LogP contribution < -0.4 is 5.32 Å². The van der Waals surface area contributed by atoms with Crippen LogP contribution in [0.15, 0.2) is 30.3 Å². The number of hydrogen-bond acceptors (Lipinski definition) is 5. The number of hydrogen-bond donors (Lipinski definition) is 1. The van der Waals surface area contributed by atoms with Gasteiger partial charge in [0.2, 0.25) is 11.4 Å². The van der Waals surface area contributed by atoms with E-state index in [-0.39, 0.29) is 36.3 Å². The van der Waals surface area contributed by atoms with Gasteiger partial charge in [-0.1, -0.05) is 30.3 Å². The van der Waals surface area contributed by atoms with E-state index in [0.717, 1.165) is 0 Å². The number of benzene rings is 1. The molecule has 8 nitrogen and oxygen atoms in total. The molecule has 4 amide bonds. The molecule has 3 unspecified atom stereocenters. The van der Waals surface area contributed by atoms with Crippen molar-refractivity contribution in [3.05, 3.63) is 35.9 Å². The summed E-state index contributed by atoms with van der Waals surface area (Å²) in [6, 6.07) is 5.60. The van der Waals surface area contributed by atoms with Gasteiger partial charge in [0.1, 0.15) is 0 Å². The first-order valence-corrected chi connectivity index (χ1v) is 11.5. The third kappa shape index (κ3) is 4.38. The highest BCUT2D eigenvalue weighted by Crippen LogP contribution is 2.43. The van der Waals surface area contributed by atoms with Crippen LogP contribution in [0.3, 0.4) is 0 Å². The number of morpholine rings is 1. The SMILES string of the molecule is CC1CN(C(=O)C2CCN(CN3C(=O)NC(c4ccccc4)(C(F)(F)F)C3=O)CC2)CC(C)O1. The molecule has 1 aromatic rings. The van der Waals surface area contributed by atoms with Crippen molar-refractivity contribution in [3.8, 4) is 0 Å². The first-order chi connectivity index (χ1) is 16.0. The maximum atomic E-state index is 14.1. The topological polar surface area (TPSA) is 82.2 Å². The second-order valence-corrected chi connectivity index (χ2v) is 9.31. The van der Waals surface area contributed by atoms with Gasteiger partial charge in [-0.3, -0.25) is 14.5 Å². The molecule has 1 aromatic carbocycles. The number of ether oxygens (including phenoxy) is 1. The van der Waals surface area contributed by atoms with Gasteiger partial charge in [-0.15, -0.1) is 0 Å². The molecule has 3 fully saturated rings. The number of carbonyl (C=O) groups is 3. The lowest BCUT2D eigenvalue weighted by Gasteiger charge is -2.39. The summed E-state index contributed by atoms with van der Waals surface area (Å²) in [7, 11) is 0. The highest BCUT2D eigenvalue weighted by Gasteiger charge is 2.68. The van der Waals surface area contributed by atoms with Crippen molar-refractivity contribution in [1.29, 1.82) is 0 Å². The van der Waals surface area contributed by atoms with Gasteiger partial charge in [0.15, 0.2) is 0 Å². The van der Waals surface area contributed by atoms with Gasteiger partial charge in [-0.2, -0.15) is 13.2 Å². The van der Waals surface area contributed by atoms with E-state index < -0.39 is 23.7 Å². The summed E-state index contributed by atoms with van der Waals surface area (Å²) < 4.78 is 48.0. The number of halogens is 3. The molecular formula is C23H29F3N4O4. The number of alkyl halides is 3. The number of carbonyl (C=O) groups excluding carboxylic acids is 3. The number of piperidine rings is 1. The Morgan fingerprint density at radius 3 is 2.24 bits per heavy atom. The molecule has 1 N–H and O–H groups in total. The van der Waals surface area contributed by atoms with Crippen LogP contribution in [0.1, 0.15) is 32.3 Å². The second kappa shape index (κ2) is 9.18. The predicted octanol–water partition coefficient (Wildman–Crippen LogP) is 2.30. The number of amides is 4. The van der Waals surface area contributed by atoms with E-state index >= 15 is 0 Å². The van der Waals surface area contributed by atoms with E-state index in [4.69, 9.17) is 4.74 Å². The number of urea groups is 1. The summed E-state index contributed by atoms with van der Waals surface area (Å²) in [5.41, 5.74) is -3.44. The number of nitrogens with zero attached hydrogens (tertiary/aromatic N) is 3. The highest BCUT2D eigenvalue weighted by atomic mass is 19.4. The van der Waals surface area contributed by atoms with E-state index in [2.05, 4.69) is 0 Å². The first kappa shape index (κ1) is 24.5. The zero-order chi connectivity index (χ0) is 24.7. The third-order valence-electron chi connectivity index (χ3n) is 6.75. The van der Waals surface area contributed by atoms with Gasteiger partial charge < -0.3 is 15.0 Å². The summed E-state index contributed by atoms with van der Waals surface area (Å²) in [4.78, 5) is 42.7. The van der Waals surface area contributed by atoms with Crippen molar-refractivity contribution < 1.29 is 32.3 Å². The van der Waals surface area contributed by atoms with Gasteiger partial charge in [0.05, 0.1) is 18.9 Å². The first-order valence-electron chi connectivity index (χ1n) is 11.5. The molecule has 0 saturated carbocycles. The van der Waals surface area contributed by atoms with Crippen molar-refractivity contribution in [2.45, 2.75) is 50.6 Å². The molecule has 3 aliphatic rings. The predicted molar refractivity (Wildman–Crippen MR) is 115 cm³/mol. The Kier molecular flexibility index (Phi) is 6.61. The molecule has 3 saturated heterocycles. The molecule has 4 rings (SSSR count). The van der Waals surface area contributed by atoms with Gasteiger partial charge in [-0.25, -0.2) is 9.69 Å². The fourth-order valence-corrected chi connectivity index (χ4v) is 5.08. The third-order valence-corrected chi connectivity index (χ3v) is 6.75. The zero-order valence-corrected chi connectivity index (χ0v) is 19.2. The van der Waals surface area contributed by atoms with Crippen LogP contribution in [0.2, 0.25) is 0 Å². The minimum Gasteiger partial charge on any atom is -0.372 e. The lowest BCUT2D eigenvalue weighted by atomic mass is 9.89. The van der Waals surface area contributed by atoms with Crippen molar-refractivity contribution in [2.24, 2.45) is 5.92 Å². The fourth-order valence-electron chi connectivity index (χ4n) is 5.08. The molecule has 11 heteroatoms. The Labute approximate surface area is 196 Å². The van der Waals surface area contributed by atoms with Gasteiger partial charge in [0.25, 0.3) is 5.91 Å². The average molecular weight is 483 g/mol. The van der Waals surface area contributed by atoms with Gasteiger partial charge in [-0.05, 0) is 32.3 Å². The van der Waals surface area contributed by atoms with Crippen LogP contribution in [-0.2, 0) is 19.9 Å². The molecule has 0 radical (unpaired) electrons. The summed E-state index contributed by atoms with van der Waals surface area (Å²) >= 11 is 0. The molecule has 0 aromatic heterocycles. The summed E-state index contributed by atoms with van der Waals surface area (Å²) in [5.74, 6) is -1.49. The minimum atomic E-state index is -5.01. The van der Waals surface area contributed by atoms with Crippen molar-refractivity contribution in [3.63, 3.8) is 0 Å². The monoisotopic (exact) mass is 482 g/mol. The van der Waals surface area contributed by atoms with Crippen LogP contribution in [0.25, 0.3) is 0 Å². The molecule has 3 aliphatic heterocycles. The standard InChI is InChI=1S/C23H29F3N4O4/c1-15-12-29(13-16(2)34-15)19(31)17-8-10-28(11-9-17)14-30-20(32)22(23(24,25)26,27-21(30)33)18-6-4-3-5-7-18/h3-7,15-17H,8-14H2,1-2H3,(H,27,33). The fraction of sp³-hybridized carbons (Fsp3) is 0.609. The average Bonchev–Trinajstić information content (AvgIpc) is 3.05. The van der Waals surface area contributed by atoms with Crippen LogP contribution in [0, 0.1) is 5.92 Å². The van der Waals surface area contributed by atoms with E-state index in [9.17, 15) is 27.6 Å². The number of nitrogens with one attached hydrogen (secondary N) is 1. The van der Waals surface area contributed by atoms with E-state index in [1.807, 2.05) is 24.1 Å². The maximum absolute atomic E-state index is 14.1. The molecular weight excluding hydrogens is 453 g/mol. The molecule has 0 spiro atoms. The van der Waals surface area contributed by atoms with Gasteiger partial charge >= 0.3 is 12.2 Å². The summed E-state index contributed by atoms with van der Waals surface area (Å²) in [5, 5.41) is 1.90. The molecule has 34 heavy (non-hydrogen) atoms. The van der Waals surface area contributed by atoms with Crippen molar-refractivity contribution in [1.82, 2.24) is 20.0 Å². The van der Waals surface area contributed by atoms with Gasteiger partial charge in [0, 0.05) is 32.1 Å². The minimum absolute atomic E-state index is 0.0361. The smallest absolute Gasteiger partial charge is 0.372 e. The number of rotatable bonds is 4. The molecule has 186 valence electrons. The Bertz CT molecular complexity index is 926. The van der Waals surface area contributed by atoms with Crippen LogP contribution in [0.5, 0.6) is 0 Å². The summed E-state index contributed by atoms with van der Waals surface area (Å²) in [6.45, 7) is 5.44. The normalized spacial score (nSPS) is 29.4. The van der Waals surface area contributed by atoms with Crippen LogP contribution >= 0.6 is 0 Å². The lowest BCUT2D eigenvalue weighted by Crippen LogP contribution is -2.56. The molecule has 0 aliphatic carbocycles. The van der Waals surface area contributed by atoms with Crippen LogP contribution in [-0.4, -0.2) is 83.8 Å². The number of imide groups is 1. The maximum Gasteiger partial charge on any atom is 0.425 e. The Balaban J connectivity index is 1.41. The quantitative estimate of drug-likeness (QED) is 0.667. The Hall–Kier alpha value is -2.66. The second-order valence-electron chi connectivity index (χ2n) is 9.31. The van der Waals surface area contributed by atoms with Crippen molar-refractivity contribution >= 4 is 17.8 Å². The molecule has 3 heterocycles. The molecule has 3 atom stereocenters. The largest absolute Gasteiger partial charge is 0.425 e. The Morgan fingerprint density at radius 2 is 1.68 bits per heavy atom. The molecule has 0 bridgehead atoms. The lowest BCUT2D eigenvalue weighted by molar-refractivity contribution is -0.198. The van der Waals surface area contributed by atoms with Crippen LogP contribution in [0.4, 0.5) is 18.0 Å². The highest BCUT2D eigenvalue weighted by molar-refractivity contribution is 6.08.